The summed E-state index contributed by atoms with van der Waals surface area (Å²) in [6, 6.07) is 0. The number of amides is 1. The minimum Gasteiger partial charge on any atom is -0.375 e. The molecule has 8 heavy (non-hydrogen) atoms. The zero-order valence-corrected chi connectivity index (χ0v) is 5.99. The number of carbonyl (C=O) groups is 1. The zero-order chi connectivity index (χ0) is 6.57. The topological polar surface area (TPSA) is 29.5 Å². The Kier molecular flexibility index (Phi) is 3.43. The normalized spacial score (nSPS) is 8.38. The number of hydrogen-bond donors (Lipinski definition) is 0. The second-order valence-electron chi connectivity index (χ2n) is 1.41. The highest BCUT2D eigenvalue weighted by atomic mass is 32.2. The molecule has 0 saturated heterocycles. The summed E-state index contributed by atoms with van der Waals surface area (Å²) in [6.45, 7) is 0. The first-order valence-corrected chi connectivity index (χ1v) is 3.25. The van der Waals surface area contributed by atoms with Crippen molar-refractivity contribution in [2.24, 2.45) is 0 Å². The molecule has 48 valence electrons. The molecule has 0 atom stereocenters. The lowest BCUT2D eigenvalue weighted by atomic mass is 10.9. The summed E-state index contributed by atoms with van der Waals surface area (Å²) in [5.41, 5.74) is 0. The van der Waals surface area contributed by atoms with Crippen LogP contribution in [0.15, 0.2) is 0 Å². The fraction of sp³-hybridized carbons (Fsp3) is 0.750. The standard InChI is InChI=1S/C4H9NO2S/c1-5(2)4(6)7-8-3/h1-3H3. The van der Waals surface area contributed by atoms with E-state index in [2.05, 4.69) is 4.18 Å². The van der Waals surface area contributed by atoms with Crippen molar-refractivity contribution < 1.29 is 8.98 Å². The van der Waals surface area contributed by atoms with Gasteiger partial charge in [-0.2, -0.15) is 0 Å². The van der Waals surface area contributed by atoms with Crippen molar-refractivity contribution in [3.05, 3.63) is 0 Å². The summed E-state index contributed by atoms with van der Waals surface area (Å²) in [5, 5.41) is 0. The average Bonchev–Trinajstić information content (AvgIpc) is 1.67. The average molecular weight is 135 g/mol. The fourth-order valence-corrected chi connectivity index (χ4v) is 0.437. The summed E-state index contributed by atoms with van der Waals surface area (Å²) in [7, 11) is 3.27. The summed E-state index contributed by atoms with van der Waals surface area (Å²) >= 11 is 1.05. The highest BCUT2D eigenvalue weighted by Gasteiger charge is 2.01. The lowest BCUT2D eigenvalue weighted by molar-refractivity contribution is 0.180. The van der Waals surface area contributed by atoms with E-state index in [4.69, 9.17) is 0 Å². The van der Waals surface area contributed by atoms with Crippen molar-refractivity contribution in [1.82, 2.24) is 4.90 Å². The Labute approximate surface area is 53.2 Å². The first kappa shape index (κ1) is 7.62. The first-order chi connectivity index (χ1) is 3.68. The Morgan fingerprint density at radius 2 is 2.12 bits per heavy atom. The van der Waals surface area contributed by atoms with Crippen molar-refractivity contribution in [3.8, 4) is 0 Å². The van der Waals surface area contributed by atoms with Gasteiger partial charge in [-0.05, 0) is 0 Å². The molecule has 0 aromatic rings. The fourth-order valence-electron chi connectivity index (χ4n) is 0.146. The number of carbonyl (C=O) groups excluding carboxylic acids is 1. The van der Waals surface area contributed by atoms with E-state index in [0.29, 0.717) is 0 Å². The lowest BCUT2D eigenvalue weighted by Crippen LogP contribution is -2.20. The molecular formula is C4H9NO2S. The minimum absolute atomic E-state index is 0.322. The monoisotopic (exact) mass is 135 g/mol. The first-order valence-electron chi connectivity index (χ1n) is 2.10. The highest BCUT2D eigenvalue weighted by Crippen LogP contribution is 1.97. The Bertz CT molecular complexity index is 84.1. The molecule has 0 radical (unpaired) electrons. The molecule has 0 aromatic heterocycles. The number of rotatable bonds is 1. The maximum atomic E-state index is 10.4. The van der Waals surface area contributed by atoms with Crippen LogP contribution in [0.2, 0.25) is 0 Å². The van der Waals surface area contributed by atoms with Gasteiger partial charge in [0.05, 0.1) is 12.0 Å². The van der Waals surface area contributed by atoms with E-state index < -0.39 is 0 Å². The summed E-state index contributed by atoms with van der Waals surface area (Å²) in [5.74, 6) is 0. The molecule has 0 bridgehead atoms. The van der Waals surface area contributed by atoms with E-state index in [1.807, 2.05) is 0 Å². The third-order valence-corrected chi connectivity index (χ3v) is 0.829. The van der Waals surface area contributed by atoms with Gasteiger partial charge in [0, 0.05) is 20.4 Å². The predicted molar refractivity (Wildman–Crippen MR) is 33.7 cm³/mol. The van der Waals surface area contributed by atoms with Gasteiger partial charge in [0.1, 0.15) is 0 Å². The molecule has 3 nitrogen and oxygen atoms in total. The Balaban J connectivity index is 3.33. The van der Waals surface area contributed by atoms with E-state index >= 15 is 0 Å². The maximum absolute atomic E-state index is 10.4. The number of nitrogens with zero attached hydrogens (tertiary/aromatic N) is 1. The third kappa shape index (κ3) is 2.74. The van der Waals surface area contributed by atoms with Crippen LogP contribution < -0.4 is 0 Å². The largest absolute Gasteiger partial charge is 0.421 e. The van der Waals surface area contributed by atoms with E-state index in [-0.39, 0.29) is 6.09 Å². The Morgan fingerprint density at radius 1 is 1.62 bits per heavy atom. The second kappa shape index (κ2) is 3.60. The van der Waals surface area contributed by atoms with Crippen molar-refractivity contribution in [1.29, 1.82) is 0 Å². The van der Waals surface area contributed by atoms with Gasteiger partial charge < -0.3 is 9.08 Å². The summed E-state index contributed by atoms with van der Waals surface area (Å²) < 4.78 is 4.51. The Morgan fingerprint density at radius 3 is 2.25 bits per heavy atom. The summed E-state index contributed by atoms with van der Waals surface area (Å²) in [6.07, 6.45) is 1.37. The van der Waals surface area contributed by atoms with E-state index in [1.54, 1.807) is 20.4 Å². The van der Waals surface area contributed by atoms with Gasteiger partial charge in [0.25, 0.3) is 0 Å². The van der Waals surface area contributed by atoms with E-state index in [1.165, 1.54) is 4.90 Å². The molecule has 0 aliphatic rings. The number of hydrogen-bond acceptors (Lipinski definition) is 3. The van der Waals surface area contributed by atoms with Crippen LogP contribution in [0.4, 0.5) is 4.79 Å². The van der Waals surface area contributed by atoms with Gasteiger partial charge >= 0.3 is 6.09 Å². The molecule has 0 saturated carbocycles. The Hall–Kier alpha value is -0.380. The quantitative estimate of drug-likeness (QED) is 0.501. The van der Waals surface area contributed by atoms with Gasteiger partial charge in [-0.1, -0.05) is 0 Å². The van der Waals surface area contributed by atoms with Gasteiger partial charge in [-0.3, -0.25) is 0 Å². The van der Waals surface area contributed by atoms with Crippen molar-refractivity contribution in [3.63, 3.8) is 0 Å². The van der Waals surface area contributed by atoms with Crippen LogP contribution in [0.25, 0.3) is 0 Å². The third-order valence-electron chi connectivity index (χ3n) is 0.520. The van der Waals surface area contributed by atoms with Crippen LogP contribution in [0, 0.1) is 0 Å². The van der Waals surface area contributed by atoms with Crippen LogP contribution in [-0.2, 0) is 4.18 Å². The molecule has 0 rings (SSSR count). The SMILES string of the molecule is CSOC(=O)N(C)C. The molecule has 4 heteroatoms. The smallest absolute Gasteiger partial charge is 0.375 e. The zero-order valence-electron chi connectivity index (χ0n) is 5.17. The van der Waals surface area contributed by atoms with Gasteiger partial charge in [-0.25, -0.2) is 4.79 Å². The molecule has 0 aliphatic carbocycles. The highest BCUT2D eigenvalue weighted by molar-refractivity contribution is 7.94. The molecule has 0 aromatic carbocycles. The molecule has 0 unspecified atom stereocenters. The van der Waals surface area contributed by atoms with E-state index in [9.17, 15) is 4.79 Å². The molecule has 0 N–H and O–H groups in total. The van der Waals surface area contributed by atoms with Gasteiger partial charge in [0.15, 0.2) is 0 Å². The van der Waals surface area contributed by atoms with Crippen molar-refractivity contribution >= 4 is 18.1 Å². The van der Waals surface area contributed by atoms with Crippen LogP contribution in [0.1, 0.15) is 0 Å². The summed E-state index contributed by atoms with van der Waals surface area (Å²) in [4.78, 5) is 11.8. The molecule has 0 fully saturated rings. The van der Waals surface area contributed by atoms with Crippen molar-refractivity contribution in [2.45, 2.75) is 0 Å². The molecule has 0 spiro atoms. The molecule has 1 amide bonds. The van der Waals surface area contributed by atoms with Crippen LogP contribution in [0.3, 0.4) is 0 Å². The van der Waals surface area contributed by atoms with Gasteiger partial charge in [0.2, 0.25) is 0 Å². The second-order valence-corrected chi connectivity index (χ2v) is 1.91. The molecular weight excluding hydrogens is 126 g/mol. The molecule has 0 heterocycles. The minimum atomic E-state index is -0.322. The lowest BCUT2D eigenvalue weighted by Gasteiger charge is -2.06. The van der Waals surface area contributed by atoms with Crippen molar-refractivity contribution in [2.75, 3.05) is 20.4 Å². The predicted octanol–water partition coefficient (Wildman–Crippen LogP) is 0.963. The van der Waals surface area contributed by atoms with Crippen LogP contribution >= 0.6 is 12.0 Å². The van der Waals surface area contributed by atoms with Crippen LogP contribution in [0.5, 0.6) is 0 Å². The van der Waals surface area contributed by atoms with Crippen LogP contribution in [-0.4, -0.2) is 31.3 Å². The molecule has 0 aliphatic heterocycles. The van der Waals surface area contributed by atoms with E-state index in [0.717, 1.165) is 12.0 Å². The maximum Gasteiger partial charge on any atom is 0.421 e. The van der Waals surface area contributed by atoms with Gasteiger partial charge in [-0.15, -0.1) is 0 Å².